The maximum Gasteiger partial charge on any atom is 0.211 e. The van der Waals surface area contributed by atoms with Crippen LogP contribution in [0.2, 0.25) is 0 Å². The number of aryl methyl sites for hydroxylation is 2. The van der Waals surface area contributed by atoms with Crippen LogP contribution in [0.1, 0.15) is 29.5 Å². The molecule has 4 N–H and O–H groups in total. The molecule has 0 aromatic heterocycles. The summed E-state index contributed by atoms with van der Waals surface area (Å²) < 4.78 is 0. The largest absolute Gasteiger partial charge is 0.369 e. The Morgan fingerprint density at radius 3 is 2.41 bits per heavy atom. The Morgan fingerprint density at radius 1 is 1.18 bits per heavy atom. The third kappa shape index (κ3) is 2.84. The Balaban J connectivity index is 2.39. The van der Waals surface area contributed by atoms with Crippen LogP contribution in [0.3, 0.4) is 0 Å². The molecule has 0 atom stereocenters. The van der Waals surface area contributed by atoms with Gasteiger partial charge in [0.05, 0.1) is 5.71 Å². The zero-order valence-electron chi connectivity index (χ0n) is 10.3. The fraction of sp³-hybridized carbons (Fsp3) is 0.385. The standard InChI is InChI=1S/C13H18N4/c1-8-3-6-11(9(2)7-8)12(10-4-5-10)16-17-13(14)15/h3,6-7,10H,4-5H2,1-2H3,(H4,14,15,17). The van der Waals surface area contributed by atoms with E-state index in [0.717, 1.165) is 11.3 Å². The summed E-state index contributed by atoms with van der Waals surface area (Å²) in [5.74, 6) is 0.521. The summed E-state index contributed by atoms with van der Waals surface area (Å²) >= 11 is 0. The average molecular weight is 230 g/mol. The van der Waals surface area contributed by atoms with Crippen LogP contribution in [0.25, 0.3) is 0 Å². The molecule has 0 bridgehead atoms. The van der Waals surface area contributed by atoms with E-state index in [4.69, 9.17) is 11.5 Å². The smallest absolute Gasteiger partial charge is 0.211 e. The number of guanidine groups is 1. The van der Waals surface area contributed by atoms with Gasteiger partial charge < -0.3 is 11.5 Å². The second kappa shape index (κ2) is 4.57. The van der Waals surface area contributed by atoms with E-state index < -0.39 is 0 Å². The van der Waals surface area contributed by atoms with Gasteiger partial charge in [0.2, 0.25) is 5.96 Å². The molecule has 90 valence electrons. The van der Waals surface area contributed by atoms with Crippen molar-refractivity contribution in [2.75, 3.05) is 0 Å². The van der Waals surface area contributed by atoms with Gasteiger partial charge in [-0.2, -0.15) is 5.10 Å². The maximum absolute atomic E-state index is 5.32. The fourth-order valence-corrected chi connectivity index (χ4v) is 1.92. The molecule has 17 heavy (non-hydrogen) atoms. The molecule has 1 aliphatic carbocycles. The van der Waals surface area contributed by atoms with E-state index in [1.165, 1.54) is 24.0 Å². The third-order valence-corrected chi connectivity index (χ3v) is 2.90. The van der Waals surface area contributed by atoms with E-state index in [-0.39, 0.29) is 5.96 Å². The molecule has 1 saturated carbocycles. The van der Waals surface area contributed by atoms with Crippen molar-refractivity contribution >= 4 is 11.7 Å². The second-order valence-corrected chi connectivity index (χ2v) is 4.60. The lowest BCUT2D eigenvalue weighted by molar-refractivity contribution is 1.10. The van der Waals surface area contributed by atoms with Crippen molar-refractivity contribution in [2.24, 2.45) is 27.6 Å². The highest BCUT2D eigenvalue weighted by Gasteiger charge is 2.29. The van der Waals surface area contributed by atoms with E-state index in [2.05, 4.69) is 42.2 Å². The van der Waals surface area contributed by atoms with E-state index in [1.54, 1.807) is 0 Å². The zero-order valence-corrected chi connectivity index (χ0v) is 10.3. The highest BCUT2D eigenvalue weighted by atomic mass is 15.3. The third-order valence-electron chi connectivity index (χ3n) is 2.90. The van der Waals surface area contributed by atoms with Crippen molar-refractivity contribution in [3.05, 3.63) is 34.9 Å². The number of benzene rings is 1. The summed E-state index contributed by atoms with van der Waals surface area (Å²) in [5, 5.41) is 7.99. The Bertz CT molecular complexity index is 480. The van der Waals surface area contributed by atoms with E-state index in [0.29, 0.717) is 5.92 Å². The molecular weight excluding hydrogens is 212 g/mol. The number of nitrogens with two attached hydrogens (primary N) is 2. The van der Waals surface area contributed by atoms with Gasteiger partial charge in [0, 0.05) is 11.5 Å². The number of nitrogens with zero attached hydrogens (tertiary/aromatic N) is 2. The predicted molar refractivity (Wildman–Crippen MR) is 71.0 cm³/mol. The van der Waals surface area contributed by atoms with Gasteiger partial charge in [0.25, 0.3) is 0 Å². The van der Waals surface area contributed by atoms with Crippen LogP contribution in [0.5, 0.6) is 0 Å². The lowest BCUT2D eigenvalue weighted by Crippen LogP contribution is -2.22. The highest BCUT2D eigenvalue weighted by Crippen LogP contribution is 2.34. The molecule has 0 spiro atoms. The Kier molecular flexibility index (Phi) is 3.13. The normalized spacial score (nSPS) is 15.8. The quantitative estimate of drug-likeness (QED) is 0.471. The first-order valence-corrected chi connectivity index (χ1v) is 5.82. The molecule has 1 aliphatic rings. The molecule has 1 aromatic rings. The highest BCUT2D eigenvalue weighted by molar-refractivity contribution is 6.04. The maximum atomic E-state index is 5.32. The molecule has 0 amide bonds. The van der Waals surface area contributed by atoms with E-state index >= 15 is 0 Å². The summed E-state index contributed by atoms with van der Waals surface area (Å²) in [5.41, 5.74) is 15.3. The summed E-state index contributed by atoms with van der Waals surface area (Å²) in [4.78, 5) is 0. The molecule has 1 fully saturated rings. The molecule has 0 radical (unpaired) electrons. The van der Waals surface area contributed by atoms with Gasteiger partial charge in [0.1, 0.15) is 0 Å². The molecule has 0 heterocycles. The molecule has 4 nitrogen and oxygen atoms in total. The molecule has 0 saturated heterocycles. The number of rotatable bonds is 3. The second-order valence-electron chi connectivity index (χ2n) is 4.60. The van der Waals surface area contributed by atoms with Crippen molar-refractivity contribution < 1.29 is 0 Å². The van der Waals surface area contributed by atoms with Gasteiger partial charge in [-0.05, 0) is 32.3 Å². The van der Waals surface area contributed by atoms with Gasteiger partial charge in [-0.3, -0.25) is 0 Å². The van der Waals surface area contributed by atoms with Crippen LogP contribution in [0, 0.1) is 19.8 Å². The van der Waals surface area contributed by atoms with Crippen LogP contribution in [0.4, 0.5) is 0 Å². The Hall–Kier alpha value is -1.84. The lowest BCUT2D eigenvalue weighted by Gasteiger charge is -2.08. The lowest BCUT2D eigenvalue weighted by atomic mass is 9.99. The SMILES string of the molecule is Cc1ccc(C(=NN=C(N)N)C2CC2)c(C)c1. The predicted octanol–water partition coefficient (Wildman–Crippen LogP) is 1.69. The van der Waals surface area contributed by atoms with Crippen LogP contribution in [-0.4, -0.2) is 11.7 Å². The van der Waals surface area contributed by atoms with Crippen LogP contribution in [0.15, 0.2) is 28.4 Å². The van der Waals surface area contributed by atoms with Crippen LogP contribution < -0.4 is 11.5 Å². The summed E-state index contributed by atoms with van der Waals surface area (Å²) in [6.45, 7) is 4.18. The van der Waals surface area contributed by atoms with Gasteiger partial charge in [-0.1, -0.05) is 23.8 Å². The van der Waals surface area contributed by atoms with E-state index in [1.807, 2.05) is 0 Å². The fourth-order valence-electron chi connectivity index (χ4n) is 1.92. The van der Waals surface area contributed by atoms with Gasteiger partial charge in [-0.25, -0.2) is 0 Å². The van der Waals surface area contributed by atoms with E-state index in [9.17, 15) is 0 Å². The van der Waals surface area contributed by atoms with Crippen LogP contribution >= 0.6 is 0 Å². The minimum atomic E-state index is 0.00733. The van der Waals surface area contributed by atoms with Crippen LogP contribution in [-0.2, 0) is 0 Å². The molecule has 0 aliphatic heterocycles. The molecule has 1 aromatic carbocycles. The van der Waals surface area contributed by atoms with Gasteiger partial charge in [-0.15, -0.1) is 5.10 Å². The summed E-state index contributed by atoms with van der Waals surface area (Å²) in [6.07, 6.45) is 2.35. The summed E-state index contributed by atoms with van der Waals surface area (Å²) in [6, 6.07) is 6.35. The van der Waals surface area contributed by atoms with Gasteiger partial charge in [0.15, 0.2) is 0 Å². The number of hydrogen-bond donors (Lipinski definition) is 2. The summed E-state index contributed by atoms with van der Waals surface area (Å²) in [7, 11) is 0. The monoisotopic (exact) mass is 230 g/mol. The topological polar surface area (TPSA) is 76.8 Å². The first-order chi connectivity index (χ1) is 8.08. The minimum Gasteiger partial charge on any atom is -0.369 e. The van der Waals surface area contributed by atoms with Crippen molar-refractivity contribution in [1.82, 2.24) is 0 Å². The zero-order chi connectivity index (χ0) is 12.4. The Morgan fingerprint density at radius 2 is 1.88 bits per heavy atom. The first kappa shape index (κ1) is 11.6. The molecule has 2 rings (SSSR count). The minimum absolute atomic E-state index is 0.00733. The van der Waals surface area contributed by atoms with Crippen molar-refractivity contribution in [3.63, 3.8) is 0 Å². The van der Waals surface area contributed by atoms with Crippen molar-refractivity contribution in [1.29, 1.82) is 0 Å². The average Bonchev–Trinajstić information content (AvgIpc) is 3.04. The Labute approximate surface area is 101 Å². The molecular formula is C13H18N4. The van der Waals surface area contributed by atoms with Gasteiger partial charge >= 0.3 is 0 Å². The molecule has 4 heteroatoms. The number of hydrogen-bond acceptors (Lipinski definition) is 2. The van der Waals surface area contributed by atoms with Crippen molar-refractivity contribution in [2.45, 2.75) is 26.7 Å². The molecule has 0 unspecified atom stereocenters. The van der Waals surface area contributed by atoms with Crippen molar-refractivity contribution in [3.8, 4) is 0 Å². The first-order valence-electron chi connectivity index (χ1n) is 5.82.